The zero-order valence-electron chi connectivity index (χ0n) is 24.8. The standard InChI is InChI=1S/C33H38N2O6/c1-8-39-31(37)29-24(16-40-33(5,6)7)34-23-14-20(26-18(3)12-17(2)13-19(26)4)15-25(36)28(23)27(29)21-10-9-11-22-30(21)41-32(38)35-22/h9-13,20,27,29H,8,14-16H2,1-7H3,(H,35,38). The average molecular weight is 559 g/mol. The number of aromatic nitrogens is 1. The first-order valence-electron chi connectivity index (χ1n) is 14.2. The number of para-hydroxylation sites is 1. The molecule has 1 aliphatic carbocycles. The molecule has 3 atom stereocenters. The van der Waals surface area contributed by atoms with Gasteiger partial charge in [0.1, 0.15) is 5.92 Å². The van der Waals surface area contributed by atoms with Gasteiger partial charge >= 0.3 is 11.7 Å². The van der Waals surface area contributed by atoms with Gasteiger partial charge in [-0.2, -0.15) is 0 Å². The molecule has 1 aromatic heterocycles. The van der Waals surface area contributed by atoms with Crippen LogP contribution in [0.15, 0.2) is 55.8 Å². The van der Waals surface area contributed by atoms with Gasteiger partial charge in [0.15, 0.2) is 11.4 Å². The number of Topliss-reactive ketones (excluding diaryl/α,β-unsaturated/α-hetero) is 1. The molecule has 5 rings (SSSR count). The highest BCUT2D eigenvalue weighted by Crippen LogP contribution is 2.49. The van der Waals surface area contributed by atoms with Crippen LogP contribution < -0.4 is 5.76 Å². The number of hydrogen-bond acceptors (Lipinski definition) is 7. The quantitative estimate of drug-likeness (QED) is 0.373. The molecule has 0 radical (unpaired) electrons. The van der Waals surface area contributed by atoms with Crippen molar-refractivity contribution in [3.05, 3.63) is 80.0 Å². The Balaban J connectivity index is 1.72. The molecule has 2 aromatic carbocycles. The smallest absolute Gasteiger partial charge is 0.417 e. The molecule has 0 bridgehead atoms. The van der Waals surface area contributed by atoms with E-state index in [9.17, 15) is 14.4 Å². The minimum atomic E-state index is -0.912. The largest absolute Gasteiger partial charge is 0.465 e. The van der Waals surface area contributed by atoms with Gasteiger partial charge in [0.25, 0.3) is 0 Å². The van der Waals surface area contributed by atoms with Crippen molar-refractivity contribution in [2.45, 2.75) is 78.7 Å². The summed E-state index contributed by atoms with van der Waals surface area (Å²) in [4.78, 5) is 47.7. The summed E-state index contributed by atoms with van der Waals surface area (Å²) in [5, 5.41) is 0. The van der Waals surface area contributed by atoms with Crippen LogP contribution in [0.3, 0.4) is 0 Å². The molecular formula is C33H38N2O6. The second kappa shape index (κ2) is 10.9. The molecule has 1 N–H and O–H groups in total. The third-order valence-corrected chi connectivity index (χ3v) is 7.92. The van der Waals surface area contributed by atoms with E-state index in [0.29, 0.717) is 46.5 Å². The summed E-state index contributed by atoms with van der Waals surface area (Å²) in [6.45, 7) is 14.1. The number of carbonyl (C=O) groups excluding carboxylic acids is 2. The maximum absolute atomic E-state index is 14.2. The molecule has 0 fully saturated rings. The maximum atomic E-state index is 14.2. The molecule has 41 heavy (non-hydrogen) atoms. The molecule has 2 heterocycles. The van der Waals surface area contributed by atoms with Crippen molar-refractivity contribution in [2.75, 3.05) is 13.2 Å². The fourth-order valence-corrected chi connectivity index (χ4v) is 6.50. The number of ether oxygens (including phenoxy) is 2. The Morgan fingerprint density at radius 2 is 1.80 bits per heavy atom. The lowest BCUT2D eigenvalue weighted by molar-refractivity contribution is -0.146. The van der Waals surface area contributed by atoms with E-state index < -0.39 is 29.2 Å². The molecule has 3 aromatic rings. The van der Waals surface area contributed by atoms with Gasteiger partial charge in [0, 0.05) is 29.2 Å². The highest BCUT2D eigenvalue weighted by molar-refractivity contribution is 6.11. The second-order valence-corrected chi connectivity index (χ2v) is 12.2. The fraction of sp³-hybridized carbons (Fsp3) is 0.455. The lowest BCUT2D eigenvalue weighted by atomic mass is 9.68. The van der Waals surface area contributed by atoms with Crippen LogP contribution >= 0.6 is 0 Å². The Labute approximate surface area is 239 Å². The lowest BCUT2D eigenvalue weighted by Gasteiger charge is -2.38. The van der Waals surface area contributed by atoms with Crippen molar-refractivity contribution in [1.29, 1.82) is 0 Å². The molecule has 8 heteroatoms. The normalized spacial score (nSPS) is 21.2. The number of H-pyrrole nitrogens is 1. The van der Waals surface area contributed by atoms with Crippen molar-refractivity contribution in [2.24, 2.45) is 10.9 Å². The molecule has 0 saturated heterocycles. The number of nitrogens with zero attached hydrogens (tertiary/aromatic N) is 1. The van der Waals surface area contributed by atoms with Gasteiger partial charge in [0.2, 0.25) is 0 Å². The van der Waals surface area contributed by atoms with Gasteiger partial charge < -0.3 is 13.9 Å². The third-order valence-electron chi connectivity index (χ3n) is 7.92. The first-order chi connectivity index (χ1) is 19.4. The number of aromatic amines is 1. The van der Waals surface area contributed by atoms with Crippen molar-refractivity contribution < 1.29 is 23.5 Å². The SMILES string of the molecule is CCOC(=O)C1C(COC(C)(C)C)=NC2=C(C(=O)CC(c3c(C)cc(C)cc3C)C2)C1c1cccc2[nH]c(=O)oc12. The maximum Gasteiger partial charge on any atom is 0.417 e. The van der Waals surface area contributed by atoms with Crippen molar-refractivity contribution in [1.82, 2.24) is 4.98 Å². The fourth-order valence-electron chi connectivity index (χ4n) is 6.50. The summed E-state index contributed by atoms with van der Waals surface area (Å²) in [5.74, 6) is -2.85. The molecule has 3 unspecified atom stereocenters. The van der Waals surface area contributed by atoms with E-state index in [1.54, 1.807) is 19.1 Å². The summed E-state index contributed by atoms with van der Waals surface area (Å²) in [6, 6.07) is 9.63. The summed E-state index contributed by atoms with van der Waals surface area (Å²) in [5.41, 5.74) is 7.20. The van der Waals surface area contributed by atoms with Crippen LogP contribution in [0, 0.1) is 26.7 Å². The number of aryl methyl sites for hydroxylation is 3. The van der Waals surface area contributed by atoms with Gasteiger partial charge in [0.05, 0.1) is 30.0 Å². The number of esters is 1. The number of aliphatic imine (C=N–C) groups is 1. The van der Waals surface area contributed by atoms with Crippen molar-refractivity contribution in [3.63, 3.8) is 0 Å². The molecule has 0 spiro atoms. The Bertz CT molecular complexity index is 1620. The minimum Gasteiger partial charge on any atom is -0.465 e. The molecule has 216 valence electrons. The molecule has 2 aliphatic rings. The number of oxazole rings is 1. The number of allylic oxidation sites excluding steroid dienone is 2. The van der Waals surface area contributed by atoms with E-state index in [1.807, 2.05) is 26.8 Å². The van der Waals surface area contributed by atoms with Crippen LogP contribution in [0.4, 0.5) is 0 Å². The van der Waals surface area contributed by atoms with E-state index in [-0.39, 0.29) is 24.9 Å². The van der Waals surface area contributed by atoms with Gasteiger partial charge in [-0.05, 0) is 83.6 Å². The summed E-state index contributed by atoms with van der Waals surface area (Å²) >= 11 is 0. The zero-order valence-corrected chi connectivity index (χ0v) is 24.8. The highest BCUT2D eigenvalue weighted by atomic mass is 16.5. The van der Waals surface area contributed by atoms with Crippen molar-refractivity contribution >= 4 is 28.6 Å². The second-order valence-electron chi connectivity index (χ2n) is 12.2. The summed E-state index contributed by atoms with van der Waals surface area (Å²) in [7, 11) is 0. The van der Waals surface area contributed by atoms with Crippen LogP contribution in [-0.4, -0.2) is 41.3 Å². The number of benzene rings is 2. The summed E-state index contributed by atoms with van der Waals surface area (Å²) < 4.78 is 17.3. The Kier molecular flexibility index (Phi) is 7.64. The first-order valence-corrected chi connectivity index (χ1v) is 14.2. The number of fused-ring (bicyclic) bond motifs is 1. The summed E-state index contributed by atoms with van der Waals surface area (Å²) in [6.07, 6.45) is 0.843. The molecule has 8 nitrogen and oxygen atoms in total. The van der Waals surface area contributed by atoms with Crippen LogP contribution in [0.5, 0.6) is 0 Å². The van der Waals surface area contributed by atoms with Gasteiger partial charge in [-0.15, -0.1) is 0 Å². The van der Waals surface area contributed by atoms with Crippen LogP contribution in [-0.2, 0) is 19.1 Å². The Morgan fingerprint density at radius 3 is 2.46 bits per heavy atom. The van der Waals surface area contributed by atoms with Crippen LogP contribution in [0.1, 0.15) is 80.2 Å². The van der Waals surface area contributed by atoms with Crippen LogP contribution in [0.2, 0.25) is 0 Å². The predicted molar refractivity (Wildman–Crippen MR) is 157 cm³/mol. The van der Waals surface area contributed by atoms with E-state index in [4.69, 9.17) is 18.9 Å². The molecule has 0 saturated carbocycles. The number of hydrogen-bond donors (Lipinski definition) is 1. The monoisotopic (exact) mass is 558 g/mol. The zero-order chi connectivity index (χ0) is 29.6. The lowest BCUT2D eigenvalue weighted by Crippen LogP contribution is -2.42. The Morgan fingerprint density at radius 1 is 1.10 bits per heavy atom. The van der Waals surface area contributed by atoms with E-state index in [2.05, 4.69) is 37.9 Å². The number of carbonyl (C=O) groups is 2. The van der Waals surface area contributed by atoms with E-state index >= 15 is 0 Å². The van der Waals surface area contributed by atoms with E-state index in [0.717, 1.165) is 11.1 Å². The highest BCUT2D eigenvalue weighted by Gasteiger charge is 2.47. The van der Waals surface area contributed by atoms with Gasteiger partial charge in [-0.1, -0.05) is 29.8 Å². The average Bonchev–Trinajstić information content (AvgIpc) is 3.26. The minimum absolute atomic E-state index is 0.0452. The van der Waals surface area contributed by atoms with E-state index in [1.165, 1.54) is 11.1 Å². The van der Waals surface area contributed by atoms with Crippen molar-refractivity contribution in [3.8, 4) is 0 Å². The predicted octanol–water partition coefficient (Wildman–Crippen LogP) is 5.98. The van der Waals surface area contributed by atoms with Gasteiger partial charge in [-0.3, -0.25) is 19.6 Å². The van der Waals surface area contributed by atoms with Crippen LogP contribution in [0.25, 0.3) is 11.1 Å². The number of ketones is 1. The third kappa shape index (κ3) is 5.58. The van der Waals surface area contributed by atoms with Gasteiger partial charge in [-0.25, -0.2) is 4.79 Å². The first kappa shape index (κ1) is 28.7. The Hall–Kier alpha value is -3.78. The number of nitrogens with one attached hydrogen (secondary N) is 1. The topological polar surface area (TPSA) is 111 Å². The molecule has 1 aliphatic heterocycles. The molecule has 0 amide bonds. The number of rotatable bonds is 6. The molecular weight excluding hydrogens is 520 g/mol.